The Morgan fingerprint density at radius 2 is 1.80 bits per heavy atom. The molecule has 0 unspecified atom stereocenters. The fourth-order valence-electron chi connectivity index (χ4n) is 3.97. The summed E-state index contributed by atoms with van der Waals surface area (Å²) in [6, 6.07) is 20.0. The Bertz CT molecular complexity index is 1050. The monoisotopic (exact) mass is 401 g/mol. The third kappa shape index (κ3) is 3.64. The highest BCUT2D eigenvalue weighted by Gasteiger charge is 2.42. The van der Waals surface area contributed by atoms with Crippen molar-refractivity contribution in [3.8, 4) is 5.75 Å². The van der Waals surface area contributed by atoms with Gasteiger partial charge >= 0.3 is 0 Å². The van der Waals surface area contributed by atoms with Crippen molar-refractivity contribution in [3.63, 3.8) is 0 Å². The van der Waals surface area contributed by atoms with Crippen LogP contribution in [0.4, 0.5) is 0 Å². The van der Waals surface area contributed by atoms with Crippen molar-refractivity contribution in [1.82, 2.24) is 15.2 Å². The Labute approximate surface area is 175 Å². The van der Waals surface area contributed by atoms with Gasteiger partial charge in [-0.3, -0.25) is 14.6 Å². The standard InChI is InChI=1S/C24H23N3O3/c1-27-22(16-10-12-18(30-2)13-11-16)21(19-8-3-4-9-20(19)24(27)29)23(28)26-15-17-7-5-6-14-25-17/h3-14,21-22H,15H2,1-2H3,(H,26,28)/t21-,22-/m1/s1. The molecule has 0 spiro atoms. The van der Waals surface area contributed by atoms with Crippen LogP contribution in [0.5, 0.6) is 5.75 Å². The second-order valence-corrected chi connectivity index (χ2v) is 7.24. The van der Waals surface area contributed by atoms with E-state index in [0.29, 0.717) is 12.1 Å². The van der Waals surface area contributed by atoms with Gasteiger partial charge in [0.25, 0.3) is 5.91 Å². The number of rotatable bonds is 5. The minimum Gasteiger partial charge on any atom is -0.497 e. The number of hydrogen-bond donors (Lipinski definition) is 1. The number of nitrogens with zero attached hydrogens (tertiary/aromatic N) is 2. The molecule has 6 heteroatoms. The van der Waals surface area contributed by atoms with Crippen molar-refractivity contribution >= 4 is 11.8 Å². The highest BCUT2D eigenvalue weighted by Crippen LogP contribution is 2.42. The number of aromatic nitrogens is 1. The number of amides is 2. The summed E-state index contributed by atoms with van der Waals surface area (Å²) in [6.45, 7) is 0.325. The highest BCUT2D eigenvalue weighted by atomic mass is 16.5. The van der Waals surface area contributed by atoms with Crippen molar-refractivity contribution in [2.45, 2.75) is 18.5 Å². The van der Waals surface area contributed by atoms with Gasteiger partial charge in [-0.25, -0.2) is 0 Å². The molecule has 2 amide bonds. The maximum absolute atomic E-state index is 13.4. The number of pyridine rings is 1. The molecule has 0 fully saturated rings. The van der Waals surface area contributed by atoms with Gasteiger partial charge < -0.3 is 15.0 Å². The molecule has 152 valence electrons. The van der Waals surface area contributed by atoms with Gasteiger partial charge in [0.15, 0.2) is 0 Å². The fraction of sp³-hybridized carbons (Fsp3) is 0.208. The van der Waals surface area contributed by atoms with Crippen LogP contribution >= 0.6 is 0 Å². The zero-order valence-corrected chi connectivity index (χ0v) is 16.9. The zero-order valence-electron chi connectivity index (χ0n) is 16.9. The molecule has 2 aromatic carbocycles. The van der Waals surface area contributed by atoms with E-state index in [1.165, 1.54) is 0 Å². The molecular formula is C24H23N3O3. The molecule has 0 radical (unpaired) electrons. The number of likely N-dealkylation sites (N-methyl/N-ethyl adjacent to an activating group) is 1. The molecule has 2 atom stereocenters. The first-order chi connectivity index (χ1) is 14.6. The first-order valence-corrected chi connectivity index (χ1v) is 9.78. The van der Waals surface area contributed by atoms with Gasteiger partial charge in [0.2, 0.25) is 5.91 Å². The maximum atomic E-state index is 13.4. The minimum atomic E-state index is -0.541. The zero-order chi connectivity index (χ0) is 21.1. The summed E-state index contributed by atoms with van der Waals surface area (Å²) in [6.07, 6.45) is 1.70. The van der Waals surface area contributed by atoms with Gasteiger partial charge in [-0.2, -0.15) is 0 Å². The lowest BCUT2D eigenvalue weighted by Gasteiger charge is -2.39. The number of hydrogen-bond acceptors (Lipinski definition) is 4. The Morgan fingerprint density at radius 3 is 2.50 bits per heavy atom. The van der Waals surface area contributed by atoms with Crippen LogP contribution in [-0.2, 0) is 11.3 Å². The Balaban J connectivity index is 1.72. The van der Waals surface area contributed by atoms with Crippen molar-refractivity contribution in [2.75, 3.05) is 14.2 Å². The maximum Gasteiger partial charge on any atom is 0.254 e. The van der Waals surface area contributed by atoms with Crippen molar-refractivity contribution in [2.24, 2.45) is 0 Å². The number of nitrogens with one attached hydrogen (secondary N) is 1. The van der Waals surface area contributed by atoms with Crippen LogP contribution in [-0.4, -0.2) is 35.9 Å². The van der Waals surface area contributed by atoms with E-state index < -0.39 is 12.0 Å². The highest BCUT2D eigenvalue weighted by molar-refractivity contribution is 6.01. The van der Waals surface area contributed by atoms with E-state index in [1.807, 2.05) is 60.7 Å². The molecule has 1 aliphatic heterocycles. The summed E-state index contributed by atoms with van der Waals surface area (Å²) in [5, 5.41) is 3.00. The number of fused-ring (bicyclic) bond motifs is 1. The SMILES string of the molecule is COc1ccc([C@@H]2[C@H](C(=O)NCc3ccccn3)c3ccccc3C(=O)N2C)cc1. The summed E-state index contributed by atoms with van der Waals surface area (Å²) in [5.41, 5.74) is 2.95. The van der Waals surface area contributed by atoms with Crippen molar-refractivity contribution in [3.05, 3.63) is 95.3 Å². The Kier molecular flexibility index (Phi) is 5.48. The van der Waals surface area contributed by atoms with Crippen LogP contribution in [0, 0.1) is 0 Å². The normalized spacial score (nSPS) is 17.9. The third-order valence-corrected chi connectivity index (χ3v) is 5.49. The molecule has 4 rings (SSSR count). The molecule has 0 saturated heterocycles. The molecule has 30 heavy (non-hydrogen) atoms. The number of carbonyl (C=O) groups is 2. The molecule has 2 heterocycles. The summed E-state index contributed by atoms with van der Waals surface area (Å²) in [7, 11) is 3.35. The van der Waals surface area contributed by atoms with Gasteiger partial charge in [0, 0.05) is 18.8 Å². The first kappa shape index (κ1) is 19.6. The van der Waals surface area contributed by atoms with E-state index in [9.17, 15) is 9.59 Å². The third-order valence-electron chi connectivity index (χ3n) is 5.49. The summed E-state index contributed by atoms with van der Waals surface area (Å²) < 4.78 is 5.26. The second-order valence-electron chi connectivity index (χ2n) is 7.24. The largest absolute Gasteiger partial charge is 0.497 e. The van der Waals surface area contributed by atoms with Crippen molar-refractivity contribution < 1.29 is 14.3 Å². The van der Waals surface area contributed by atoms with Gasteiger partial charge in [0.1, 0.15) is 5.75 Å². The number of carbonyl (C=O) groups excluding carboxylic acids is 2. The quantitative estimate of drug-likeness (QED) is 0.712. The first-order valence-electron chi connectivity index (χ1n) is 9.78. The molecular weight excluding hydrogens is 378 g/mol. The average molecular weight is 401 g/mol. The smallest absolute Gasteiger partial charge is 0.254 e. The molecule has 6 nitrogen and oxygen atoms in total. The molecule has 1 aliphatic rings. The van der Waals surface area contributed by atoms with Crippen LogP contribution in [0.15, 0.2) is 72.9 Å². The van der Waals surface area contributed by atoms with E-state index >= 15 is 0 Å². The van der Waals surface area contributed by atoms with Crippen LogP contribution < -0.4 is 10.1 Å². The van der Waals surface area contributed by atoms with E-state index in [2.05, 4.69) is 10.3 Å². The minimum absolute atomic E-state index is 0.0970. The van der Waals surface area contributed by atoms with Crippen molar-refractivity contribution in [1.29, 1.82) is 0 Å². The summed E-state index contributed by atoms with van der Waals surface area (Å²) in [5.74, 6) is -0.0606. The summed E-state index contributed by atoms with van der Waals surface area (Å²) >= 11 is 0. The van der Waals surface area contributed by atoms with Crippen LogP contribution in [0.2, 0.25) is 0 Å². The van der Waals surface area contributed by atoms with E-state index in [1.54, 1.807) is 31.3 Å². The Morgan fingerprint density at radius 1 is 1.07 bits per heavy atom. The molecule has 0 saturated carbocycles. The topological polar surface area (TPSA) is 71.5 Å². The Hall–Kier alpha value is -3.67. The second kappa shape index (κ2) is 8.37. The lowest BCUT2D eigenvalue weighted by atomic mass is 9.79. The van der Waals surface area contributed by atoms with E-state index in [-0.39, 0.29) is 11.8 Å². The fourth-order valence-corrected chi connectivity index (χ4v) is 3.97. The molecule has 0 aliphatic carbocycles. The molecule has 0 bridgehead atoms. The lowest BCUT2D eigenvalue weighted by Crippen LogP contribution is -2.45. The van der Waals surface area contributed by atoms with Crippen LogP contribution in [0.1, 0.15) is 39.1 Å². The number of benzene rings is 2. The number of ether oxygens (including phenoxy) is 1. The molecule has 1 N–H and O–H groups in total. The predicted octanol–water partition coefficient (Wildman–Crippen LogP) is 3.32. The van der Waals surface area contributed by atoms with Crippen LogP contribution in [0.3, 0.4) is 0 Å². The summed E-state index contributed by atoms with van der Waals surface area (Å²) in [4.78, 5) is 32.3. The van der Waals surface area contributed by atoms with E-state index in [0.717, 1.165) is 22.6 Å². The average Bonchev–Trinajstić information content (AvgIpc) is 2.80. The van der Waals surface area contributed by atoms with Gasteiger partial charge in [-0.15, -0.1) is 0 Å². The molecule has 3 aromatic rings. The van der Waals surface area contributed by atoms with Crippen LogP contribution in [0.25, 0.3) is 0 Å². The lowest BCUT2D eigenvalue weighted by molar-refractivity contribution is -0.124. The number of methoxy groups -OCH3 is 1. The predicted molar refractivity (Wildman–Crippen MR) is 113 cm³/mol. The van der Waals surface area contributed by atoms with E-state index in [4.69, 9.17) is 4.74 Å². The van der Waals surface area contributed by atoms with Gasteiger partial charge in [-0.1, -0.05) is 36.4 Å². The van der Waals surface area contributed by atoms with Gasteiger partial charge in [0.05, 0.1) is 31.3 Å². The van der Waals surface area contributed by atoms with Gasteiger partial charge in [-0.05, 0) is 41.5 Å². The molecule has 1 aromatic heterocycles.